The summed E-state index contributed by atoms with van der Waals surface area (Å²) in [6.07, 6.45) is 0. The molecule has 2 rings (SSSR count). The van der Waals surface area contributed by atoms with Gasteiger partial charge in [0.05, 0.1) is 14.2 Å². The Bertz CT molecular complexity index is 647. The van der Waals surface area contributed by atoms with Crippen molar-refractivity contribution in [3.8, 4) is 11.5 Å². The number of thiocarbonyl (C=S) groups is 1. The van der Waals surface area contributed by atoms with E-state index < -0.39 is 0 Å². The van der Waals surface area contributed by atoms with Crippen LogP contribution in [-0.4, -0.2) is 19.3 Å². The lowest BCUT2D eigenvalue weighted by molar-refractivity contribution is 0.354. The lowest BCUT2D eigenvalue weighted by Crippen LogP contribution is -2.27. The van der Waals surface area contributed by atoms with Crippen molar-refractivity contribution in [3.63, 3.8) is 0 Å². The Hall–Kier alpha value is -1.98. The van der Waals surface area contributed by atoms with E-state index in [0.29, 0.717) is 28.2 Å². The molecule has 0 atom stereocenters. The molecule has 2 aromatic carbocycles. The first-order valence-corrected chi connectivity index (χ1v) is 7.42. The van der Waals surface area contributed by atoms with Crippen LogP contribution in [0.2, 0.25) is 5.02 Å². The minimum atomic E-state index is 0.539. The summed E-state index contributed by atoms with van der Waals surface area (Å²) in [6.45, 7) is 0.583. The maximum Gasteiger partial charge on any atom is 0.171 e. The van der Waals surface area contributed by atoms with Crippen molar-refractivity contribution < 1.29 is 9.47 Å². The fourth-order valence-electron chi connectivity index (χ4n) is 1.88. The standard InChI is InChI=1S/C16H17ClN2O2S/c1-20-14-8-3-11(9-15(14)21-2)10-18-16(22)19-13-6-4-12(17)5-7-13/h3-9H,10H2,1-2H3,(H2,18,19,22). The molecule has 4 nitrogen and oxygen atoms in total. The maximum atomic E-state index is 5.84. The van der Waals surface area contributed by atoms with E-state index in [-0.39, 0.29) is 0 Å². The molecule has 0 aromatic heterocycles. The summed E-state index contributed by atoms with van der Waals surface area (Å²) in [6, 6.07) is 13.1. The van der Waals surface area contributed by atoms with Gasteiger partial charge >= 0.3 is 0 Å². The molecule has 2 N–H and O–H groups in total. The topological polar surface area (TPSA) is 42.5 Å². The van der Waals surface area contributed by atoms with Crippen LogP contribution in [0.1, 0.15) is 5.56 Å². The lowest BCUT2D eigenvalue weighted by atomic mass is 10.2. The Labute approximate surface area is 140 Å². The molecule has 0 aliphatic carbocycles. The van der Waals surface area contributed by atoms with Gasteiger partial charge < -0.3 is 20.1 Å². The number of hydrogen-bond donors (Lipinski definition) is 2. The lowest BCUT2D eigenvalue weighted by Gasteiger charge is -2.12. The van der Waals surface area contributed by atoms with Gasteiger partial charge in [-0.2, -0.15) is 0 Å². The molecule has 22 heavy (non-hydrogen) atoms. The van der Waals surface area contributed by atoms with Crippen molar-refractivity contribution >= 4 is 34.6 Å². The van der Waals surface area contributed by atoms with Crippen LogP contribution in [0.5, 0.6) is 11.5 Å². The van der Waals surface area contributed by atoms with E-state index in [1.807, 2.05) is 30.3 Å². The second kappa shape index (κ2) is 7.87. The third-order valence-corrected chi connectivity index (χ3v) is 3.50. The Balaban J connectivity index is 1.92. The molecule has 0 radical (unpaired) electrons. The Kier molecular flexibility index (Phi) is 5.86. The number of nitrogens with one attached hydrogen (secondary N) is 2. The third-order valence-electron chi connectivity index (χ3n) is 3.00. The molecule has 0 aliphatic heterocycles. The molecule has 116 valence electrons. The van der Waals surface area contributed by atoms with Crippen LogP contribution < -0.4 is 20.1 Å². The monoisotopic (exact) mass is 336 g/mol. The summed E-state index contributed by atoms with van der Waals surface area (Å²) < 4.78 is 10.5. The summed E-state index contributed by atoms with van der Waals surface area (Å²) in [7, 11) is 3.22. The number of benzene rings is 2. The van der Waals surface area contributed by atoms with E-state index in [1.165, 1.54) is 0 Å². The predicted octanol–water partition coefficient (Wildman–Crippen LogP) is 3.84. The average Bonchev–Trinajstić information content (AvgIpc) is 2.54. The molecule has 0 heterocycles. The van der Waals surface area contributed by atoms with Crippen LogP contribution in [-0.2, 0) is 6.54 Å². The highest BCUT2D eigenvalue weighted by molar-refractivity contribution is 7.80. The highest BCUT2D eigenvalue weighted by Crippen LogP contribution is 2.27. The number of hydrogen-bond acceptors (Lipinski definition) is 3. The van der Waals surface area contributed by atoms with E-state index in [4.69, 9.17) is 33.3 Å². The molecule has 0 bridgehead atoms. The van der Waals surface area contributed by atoms with E-state index in [1.54, 1.807) is 26.4 Å². The van der Waals surface area contributed by atoms with Crippen molar-refractivity contribution in [2.24, 2.45) is 0 Å². The Morgan fingerprint density at radius 3 is 2.36 bits per heavy atom. The van der Waals surface area contributed by atoms with Crippen LogP contribution in [0.15, 0.2) is 42.5 Å². The summed E-state index contributed by atoms with van der Waals surface area (Å²) >= 11 is 11.1. The summed E-state index contributed by atoms with van der Waals surface area (Å²) in [4.78, 5) is 0. The van der Waals surface area contributed by atoms with Crippen molar-refractivity contribution in [1.29, 1.82) is 0 Å². The van der Waals surface area contributed by atoms with Crippen molar-refractivity contribution in [2.45, 2.75) is 6.54 Å². The molecular weight excluding hydrogens is 320 g/mol. The normalized spacial score (nSPS) is 9.95. The van der Waals surface area contributed by atoms with E-state index in [0.717, 1.165) is 11.3 Å². The molecule has 0 spiro atoms. The summed E-state index contributed by atoms with van der Waals surface area (Å²) in [5.41, 5.74) is 1.92. The van der Waals surface area contributed by atoms with E-state index in [2.05, 4.69) is 10.6 Å². The first-order valence-electron chi connectivity index (χ1n) is 6.63. The second-order valence-electron chi connectivity index (χ2n) is 4.50. The fraction of sp³-hybridized carbons (Fsp3) is 0.188. The number of halogens is 1. The number of anilines is 1. The Morgan fingerprint density at radius 2 is 1.73 bits per heavy atom. The number of rotatable bonds is 5. The minimum Gasteiger partial charge on any atom is -0.493 e. The van der Waals surface area contributed by atoms with Crippen molar-refractivity contribution in [1.82, 2.24) is 5.32 Å². The van der Waals surface area contributed by atoms with Crippen LogP contribution in [0.3, 0.4) is 0 Å². The quantitative estimate of drug-likeness (QED) is 0.812. The van der Waals surface area contributed by atoms with Gasteiger partial charge in [0.1, 0.15) is 0 Å². The minimum absolute atomic E-state index is 0.539. The van der Waals surface area contributed by atoms with Gasteiger partial charge in [-0.25, -0.2) is 0 Å². The molecule has 0 fully saturated rings. The number of methoxy groups -OCH3 is 2. The third kappa shape index (κ3) is 4.51. The molecule has 0 saturated heterocycles. The molecule has 0 unspecified atom stereocenters. The van der Waals surface area contributed by atoms with Gasteiger partial charge in [-0.15, -0.1) is 0 Å². The highest BCUT2D eigenvalue weighted by atomic mass is 35.5. The Morgan fingerprint density at radius 1 is 1.05 bits per heavy atom. The average molecular weight is 337 g/mol. The van der Waals surface area contributed by atoms with Gasteiger partial charge in [-0.05, 0) is 54.2 Å². The predicted molar refractivity (Wildman–Crippen MR) is 94.1 cm³/mol. The van der Waals surface area contributed by atoms with Gasteiger partial charge in [-0.3, -0.25) is 0 Å². The second-order valence-corrected chi connectivity index (χ2v) is 5.35. The van der Waals surface area contributed by atoms with Crippen LogP contribution in [0, 0.1) is 0 Å². The van der Waals surface area contributed by atoms with Gasteiger partial charge in [-0.1, -0.05) is 17.7 Å². The zero-order valence-corrected chi connectivity index (χ0v) is 13.9. The van der Waals surface area contributed by atoms with Gasteiger partial charge in [0.2, 0.25) is 0 Å². The SMILES string of the molecule is COc1ccc(CNC(=S)Nc2ccc(Cl)cc2)cc1OC. The van der Waals surface area contributed by atoms with Crippen LogP contribution in [0.25, 0.3) is 0 Å². The largest absolute Gasteiger partial charge is 0.493 e. The van der Waals surface area contributed by atoms with Crippen molar-refractivity contribution in [2.75, 3.05) is 19.5 Å². The van der Waals surface area contributed by atoms with Gasteiger partial charge in [0.25, 0.3) is 0 Å². The zero-order valence-electron chi connectivity index (χ0n) is 12.4. The zero-order chi connectivity index (χ0) is 15.9. The van der Waals surface area contributed by atoms with E-state index in [9.17, 15) is 0 Å². The number of ether oxygens (including phenoxy) is 2. The van der Waals surface area contributed by atoms with Crippen molar-refractivity contribution in [3.05, 3.63) is 53.1 Å². The molecule has 2 aromatic rings. The molecule has 6 heteroatoms. The van der Waals surface area contributed by atoms with Gasteiger partial charge in [0.15, 0.2) is 16.6 Å². The molecule has 0 aliphatic rings. The smallest absolute Gasteiger partial charge is 0.171 e. The van der Waals surface area contributed by atoms with E-state index >= 15 is 0 Å². The molecular formula is C16H17ClN2O2S. The first kappa shape index (κ1) is 16.4. The molecule has 0 amide bonds. The van der Waals surface area contributed by atoms with Gasteiger partial charge in [0, 0.05) is 17.3 Å². The fourth-order valence-corrected chi connectivity index (χ4v) is 2.20. The van der Waals surface area contributed by atoms with Crippen LogP contribution >= 0.6 is 23.8 Å². The highest BCUT2D eigenvalue weighted by Gasteiger charge is 2.05. The summed E-state index contributed by atoms with van der Waals surface area (Å²) in [5.74, 6) is 1.39. The maximum absolute atomic E-state index is 5.84. The summed E-state index contributed by atoms with van der Waals surface area (Å²) in [5, 5.41) is 7.47. The van der Waals surface area contributed by atoms with Crippen LogP contribution in [0.4, 0.5) is 5.69 Å². The first-order chi connectivity index (χ1) is 10.6. The molecule has 0 saturated carbocycles.